The van der Waals surface area contributed by atoms with Crippen molar-refractivity contribution in [2.45, 2.75) is 0 Å². The van der Waals surface area contributed by atoms with Gasteiger partial charge in [0.2, 0.25) is 0 Å². The van der Waals surface area contributed by atoms with Gasteiger partial charge in [-0.25, -0.2) is 4.79 Å². The van der Waals surface area contributed by atoms with Gasteiger partial charge < -0.3 is 14.9 Å². The van der Waals surface area contributed by atoms with Crippen LogP contribution in [-0.4, -0.2) is 31.9 Å². The number of nitro benzene ring substituents is 2. The third kappa shape index (κ3) is 7.73. The van der Waals surface area contributed by atoms with Gasteiger partial charge in [0.25, 0.3) is 11.4 Å². The first-order valence-electron chi connectivity index (χ1n) is 11.7. The lowest BCUT2D eigenvalue weighted by atomic mass is 10.2. The van der Waals surface area contributed by atoms with E-state index in [0.717, 1.165) is 0 Å². The van der Waals surface area contributed by atoms with Gasteiger partial charge in [0.1, 0.15) is 17.2 Å². The van der Waals surface area contributed by atoms with Crippen LogP contribution in [0.1, 0.15) is 0 Å². The number of phenols is 1. The fraction of sp³-hybridized carbons (Fsp3) is 0. The molecular weight excluding hydrogens is 552 g/mol. The maximum Gasteiger partial charge on any atom is 0.393 e. The van der Waals surface area contributed by atoms with Crippen molar-refractivity contribution in [3.8, 4) is 11.5 Å². The van der Waals surface area contributed by atoms with E-state index in [9.17, 15) is 35.2 Å². The molecule has 0 saturated carbocycles. The number of non-ortho nitro benzene ring substituents is 2. The average Bonchev–Trinajstić information content (AvgIpc) is 2.99. The number of rotatable bonds is 9. The van der Waals surface area contributed by atoms with Gasteiger partial charge in [-0.15, -0.1) is 5.10 Å². The first kappa shape index (κ1) is 28.4. The van der Waals surface area contributed by atoms with Crippen LogP contribution >= 0.6 is 0 Å². The Bertz CT molecular complexity index is 1700. The molecule has 42 heavy (non-hydrogen) atoms. The molecule has 0 aliphatic heterocycles. The third-order valence-electron chi connectivity index (χ3n) is 5.18. The van der Waals surface area contributed by atoms with Crippen LogP contribution in [-0.2, 0) is 4.79 Å². The number of aromatic hydroxyl groups is 1. The lowest BCUT2D eigenvalue weighted by Crippen LogP contribution is -2.21. The van der Waals surface area contributed by atoms with Crippen LogP contribution in [0.25, 0.3) is 0 Å². The van der Waals surface area contributed by atoms with E-state index in [-0.39, 0.29) is 34.2 Å². The monoisotopic (exact) mass is 570 g/mol. The van der Waals surface area contributed by atoms with E-state index in [0.29, 0.717) is 17.1 Å². The molecule has 4 aromatic carbocycles. The molecule has 0 aliphatic rings. The zero-order chi connectivity index (χ0) is 30.1. The fourth-order valence-electron chi connectivity index (χ4n) is 3.11. The summed E-state index contributed by atoms with van der Waals surface area (Å²) in [6.45, 7) is 0. The molecule has 0 saturated heterocycles. The minimum absolute atomic E-state index is 0.000460. The predicted molar refractivity (Wildman–Crippen MR) is 148 cm³/mol. The maximum atomic E-state index is 11.7. The highest BCUT2D eigenvalue weighted by Gasteiger charge is 2.14. The maximum absolute atomic E-state index is 11.7. The first-order valence-corrected chi connectivity index (χ1v) is 11.7. The molecule has 0 atom stereocenters. The summed E-state index contributed by atoms with van der Waals surface area (Å²) in [5.74, 6) is -2.40. The van der Waals surface area contributed by atoms with Gasteiger partial charge in [0, 0.05) is 24.3 Å². The van der Waals surface area contributed by atoms with E-state index < -0.39 is 21.7 Å². The molecule has 0 aromatic heterocycles. The van der Waals surface area contributed by atoms with Crippen LogP contribution in [0, 0.1) is 20.2 Å². The molecule has 0 fully saturated rings. The molecule has 210 valence electrons. The molecule has 16 heteroatoms. The van der Waals surface area contributed by atoms with Crippen LogP contribution < -0.4 is 10.2 Å². The summed E-state index contributed by atoms with van der Waals surface area (Å²) in [6, 6.07) is 20.8. The second-order valence-electron chi connectivity index (χ2n) is 8.08. The molecule has 16 nitrogen and oxygen atoms in total. The Hall–Kier alpha value is -6.58. The van der Waals surface area contributed by atoms with Crippen molar-refractivity contribution in [3.05, 3.63) is 111 Å². The second-order valence-corrected chi connectivity index (χ2v) is 8.08. The largest absolute Gasteiger partial charge is 0.506 e. The quantitative estimate of drug-likeness (QED) is 0.0472. The highest BCUT2D eigenvalue weighted by atomic mass is 16.6. The summed E-state index contributed by atoms with van der Waals surface area (Å²) in [5.41, 5.74) is 3.65. The van der Waals surface area contributed by atoms with Crippen molar-refractivity contribution in [2.24, 2.45) is 25.6 Å². The SMILES string of the molecule is O=C(O)C(=NNc1cc(N=Nc2ccc([N+](=O)[O-])cc2)ccc1O)Oc1ccc(N=Nc2ccc([N+](=O)[O-])cc2)cc1. The Balaban J connectivity index is 1.41. The van der Waals surface area contributed by atoms with Crippen molar-refractivity contribution < 1.29 is 29.6 Å². The highest BCUT2D eigenvalue weighted by Crippen LogP contribution is 2.30. The predicted octanol–water partition coefficient (Wildman–Crippen LogP) is 6.93. The Morgan fingerprint density at radius 1 is 0.690 bits per heavy atom. The lowest BCUT2D eigenvalue weighted by Gasteiger charge is -2.08. The Morgan fingerprint density at radius 3 is 1.57 bits per heavy atom. The molecule has 0 aliphatic carbocycles. The number of hydrogen-bond acceptors (Lipinski definition) is 13. The van der Waals surface area contributed by atoms with Crippen LogP contribution in [0.3, 0.4) is 0 Å². The van der Waals surface area contributed by atoms with E-state index in [4.69, 9.17) is 4.74 Å². The van der Waals surface area contributed by atoms with E-state index >= 15 is 0 Å². The average molecular weight is 570 g/mol. The molecule has 0 amide bonds. The Kier molecular flexibility index (Phi) is 8.79. The summed E-state index contributed by atoms with van der Waals surface area (Å²) in [7, 11) is 0. The minimum Gasteiger partial charge on any atom is -0.506 e. The van der Waals surface area contributed by atoms with Gasteiger partial charge in [0.05, 0.1) is 32.6 Å². The number of ether oxygens (including phenoxy) is 1. The number of nitrogens with zero attached hydrogens (tertiary/aromatic N) is 7. The molecule has 0 heterocycles. The van der Waals surface area contributed by atoms with Gasteiger partial charge in [-0.2, -0.15) is 20.5 Å². The number of carboxylic acid groups (broad SMARTS) is 1. The third-order valence-corrected chi connectivity index (χ3v) is 5.18. The summed E-state index contributed by atoms with van der Waals surface area (Å²) in [5, 5.41) is 60.8. The van der Waals surface area contributed by atoms with Crippen LogP contribution in [0.5, 0.6) is 11.5 Å². The number of phenolic OH excluding ortho intramolecular Hbond substituents is 1. The number of nitrogens with one attached hydrogen (secondary N) is 1. The number of carbonyl (C=O) groups is 1. The van der Waals surface area contributed by atoms with E-state index in [1.54, 1.807) is 0 Å². The standard InChI is InChI=1S/C26H18N8O8/c35-24-14-7-19(30-29-17-3-10-21(11-4-17)34(40)41)15-23(24)31-32-25(26(36)37)42-22-12-5-18(6-13-22)28-27-16-1-8-20(9-2-16)33(38)39/h1-15,31,35H,(H,36,37). The molecule has 0 radical (unpaired) electrons. The molecule has 0 unspecified atom stereocenters. The fourth-order valence-corrected chi connectivity index (χ4v) is 3.11. The van der Waals surface area contributed by atoms with E-state index in [2.05, 4.69) is 31.0 Å². The number of anilines is 1. The summed E-state index contributed by atoms with van der Waals surface area (Å²) >= 11 is 0. The molecule has 4 rings (SSSR count). The number of hydrazone groups is 1. The first-order chi connectivity index (χ1) is 20.2. The highest BCUT2D eigenvalue weighted by molar-refractivity contribution is 6.32. The molecule has 4 aromatic rings. The molecule has 0 spiro atoms. The van der Waals surface area contributed by atoms with Gasteiger partial charge >= 0.3 is 11.9 Å². The van der Waals surface area contributed by atoms with Gasteiger partial charge in [-0.05, 0) is 66.7 Å². The topological polar surface area (TPSA) is 227 Å². The summed E-state index contributed by atoms with van der Waals surface area (Å²) in [4.78, 5) is 32.1. The van der Waals surface area contributed by atoms with Crippen molar-refractivity contribution in [2.75, 3.05) is 5.43 Å². The number of carboxylic acids is 1. The number of nitro groups is 2. The number of azo groups is 2. The lowest BCUT2D eigenvalue weighted by molar-refractivity contribution is -0.385. The second kappa shape index (κ2) is 13.0. The summed E-state index contributed by atoms with van der Waals surface area (Å²) in [6.07, 6.45) is 0. The van der Waals surface area contributed by atoms with Crippen molar-refractivity contribution >= 4 is 51.7 Å². The number of hydrogen-bond donors (Lipinski definition) is 3. The van der Waals surface area contributed by atoms with Crippen molar-refractivity contribution in [1.82, 2.24) is 0 Å². The Morgan fingerprint density at radius 2 is 1.12 bits per heavy atom. The van der Waals surface area contributed by atoms with Crippen LogP contribution in [0.15, 0.2) is 117 Å². The zero-order valence-corrected chi connectivity index (χ0v) is 21.1. The number of benzene rings is 4. The van der Waals surface area contributed by atoms with Gasteiger partial charge in [0.15, 0.2) is 0 Å². The van der Waals surface area contributed by atoms with Gasteiger partial charge in [-0.3, -0.25) is 25.7 Å². The van der Waals surface area contributed by atoms with E-state index in [1.807, 2.05) is 0 Å². The van der Waals surface area contributed by atoms with E-state index in [1.165, 1.54) is 91.0 Å². The van der Waals surface area contributed by atoms with Crippen molar-refractivity contribution in [3.63, 3.8) is 0 Å². The number of aliphatic carboxylic acids is 1. The minimum atomic E-state index is -1.50. The molecule has 0 bridgehead atoms. The van der Waals surface area contributed by atoms with Crippen LogP contribution in [0.4, 0.5) is 39.8 Å². The Labute approximate surface area is 235 Å². The molecule has 3 N–H and O–H groups in total. The summed E-state index contributed by atoms with van der Waals surface area (Å²) < 4.78 is 5.33. The zero-order valence-electron chi connectivity index (χ0n) is 21.1. The van der Waals surface area contributed by atoms with Crippen molar-refractivity contribution in [1.29, 1.82) is 0 Å². The van der Waals surface area contributed by atoms with Gasteiger partial charge in [-0.1, -0.05) is 0 Å². The molecular formula is C26H18N8O8. The smallest absolute Gasteiger partial charge is 0.393 e. The normalized spacial score (nSPS) is 11.5. The van der Waals surface area contributed by atoms with Crippen LogP contribution in [0.2, 0.25) is 0 Å².